The Balaban J connectivity index is 1.80. The molecule has 0 aromatic heterocycles. The molecule has 16 heavy (non-hydrogen) atoms. The zero-order chi connectivity index (χ0) is 11.4. The fourth-order valence-electron chi connectivity index (χ4n) is 2.35. The van der Waals surface area contributed by atoms with Crippen molar-refractivity contribution >= 4 is 11.8 Å². The van der Waals surface area contributed by atoms with Gasteiger partial charge in [-0.05, 0) is 50.6 Å². The van der Waals surface area contributed by atoms with Crippen molar-refractivity contribution in [1.29, 1.82) is 0 Å². The second kappa shape index (κ2) is 5.74. The summed E-state index contributed by atoms with van der Waals surface area (Å²) < 4.78 is 0. The van der Waals surface area contributed by atoms with Crippen molar-refractivity contribution in [2.45, 2.75) is 26.0 Å². The zero-order valence-corrected chi connectivity index (χ0v) is 11.1. The summed E-state index contributed by atoms with van der Waals surface area (Å²) >= 11 is 2.08. The lowest BCUT2D eigenvalue weighted by atomic mass is 10.1. The van der Waals surface area contributed by atoms with Crippen molar-refractivity contribution in [2.24, 2.45) is 5.92 Å². The van der Waals surface area contributed by atoms with Crippen molar-refractivity contribution in [2.75, 3.05) is 18.8 Å². The lowest BCUT2D eigenvalue weighted by Crippen LogP contribution is -2.10. The third-order valence-corrected chi connectivity index (χ3v) is 4.31. The molecule has 1 fully saturated rings. The standard InChI is InChI=1S/C14H21NS/c1-11-5-12(2)7-14(6-11)10-16-9-13-3-4-15-8-13/h5-7,13,15H,3-4,8-10H2,1-2H3. The first-order valence-corrected chi connectivity index (χ1v) is 7.25. The zero-order valence-electron chi connectivity index (χ0n) is 10.3. The summed E-state index contributed by atoms with van der Waals surface area (Å²) in [6.07, 6.45) is 1.36. The Morgan fingerprint density at radius 2 is 2.00 bits per heavy atom. The quantitative estimate of drug-likeness (QED) is 0.860. The third-order valence-electron chi connectivity index (χ3n) is 3.07. The molecule has 1 aromatic rings. The van der Waals surface area contributed by atoms with Gasteiger partial charge in [0, 0.05) is 5.75 Å². The molecule has 0 radical (unpaired) electrons. The number of nitrogens with one attached hydrogen (secondary N) is 1. The average molecular weight is 235 g/mol. The largest absolute Gasteiger partial charge is 0.316 e. The van der Waals surface area contributed by atoms with E-state index in [1.165, 1.54) is 47.7 Å². The molecular weight excluding hydrogens is 214 g/mol. The van der Waals surface area contributed by atoms with E-state index in [9.17, 15) is 0 Å². The maximum absolute atomic E-state index is 3.43. The summed E-state index contributed by atoms with van der Waals surface area (Å²) in [4.78, 5) is 0. The molecule has 1 nitrogen and oxygen atoms in total. The number of hydrogen-bond donors (Lipinski definition) is 1. The fraction of sp³-hybridized carbons (Fsp3) is 0.571. The lowest BCUT2D eigenvalue weighted by molar-refractivity contribution is 0.662. The molecule has 0 spiro atoms. The highest BCUT2D eigenvalue weighted by atomic mass is 32.2. The van der Waals surface area contributed by atoms with E-state index in [1.54, 1.807) is 0 Å². The molecule has 0 amide bonds. The molecule has 1 N–H and O–H groups in total. The number of benzene rings is 1. The Labute approximate surface area is 103 Å². The molecule has 1 heterocycles. The Morgan fingerprint density at radius 1 is 1.25 bits per heavy atom. The molecule has 0 bridgehead atoms. The van der Waals surface area contributed by atoms with E-state index in [0.717, 1.165) is 5.92 Å². The van der Waals surface area contributed by atoms with Crippen LogP contribution in [0.1, 0.15) is 23.1 Å². The number of rotatable bonds is 4. The first-order chi connectivity index (χ1) is 7.74. The summed E-state index contributed by atoms with van der Waals surface area (Å²) in [5, 5.41) is 3.43. The van der Waals surface area contributed by atoms with Crippen LogP contribution in [-0.4, -0.2) is 18.8 Å². The number of thioether (sulfide) groups is 1. The van der Waals surface area contributed by atoms with Gasteiger partial charge in [-0.25, -0.2) is 0 Å². The van der Waals surface area contributed by atoms with Crippen LogP contribution in [0.15, 0.2) is 18.2 Å². The first-order valence-electron chi connectivity index (χ1n) is 6.09. The Kier molecular flexibility index (Phi) is 4.30. The summed E-state index contributed by atoms with van der Waals surface area (Å²) in [6.45, 7) is 6.80. The molecule has 88 valence electrons. The van der Waals surface area contributed by atoms with Crippen molar-refractivity contribution < 1.29 is 0 Å². The fourth-order valence-corrected chi connectivity index (χ4v) is 3.49. The topological polar surface area (TPSA) is 12.0 Å². The van der Waals surface area contributed by atoms with E-state index >= 15 is 0 Å². The Bertz CT molecular complexity index is 322. The molecule has 0 saturated carbocycles. The Hall–Kier alpha value is -0.470. The highest BCUT2D eigenvalue weighted by Crippen LogP contribution is 2.20. The number of hydrogen-bond acceptors (Lipinski definition) is 2. The molecule has 1 atom stereocenters. The van der Waals surface area contributed by atoms with E-state index in [4.69, 9.17) is 0 Å². The molecule has 1 aliphatic heterocycles. The second-order valence-electron chi connectivity index (χ2n) is 4.87. The van der Waals surface area contributed by atoms with Crippen LogP contribution in [0.2, 0.25) is 0 Å². The van der Waals surface area contributed by atoms with Crippen molar-refractivity contribution in [3.8, 4) is 0 Å². The SMILES string of the molecule is Cc1cc(C)cc(CSCC2CCNC2)c1. The normalized spacial score (nSPS) is 20.2. The molecule has 2 heteroatoms. The minimum absolute atomic E-state index is 0.899. The van der Waals surface area contributed by atoms with Crippen molar-refractivity contribution in [1.82, 2.24) is 5.32 Å². The highest BCUT2D eigenvalue weighted by molar-refractivity contribution is 7.98. The van der Waals surface area contributed by atoms with Gasteiger partial charge in [0.15, 0.2) is 0 Å². The van der Waals surface area contributed by atoms with Gasteiger partial charge in [-0.15, -0.1) is 0 Å². The lowest BCUT2D eigenvalue weighted by Gasteiger charge is -2.08. The third kappa shape index (κ3) is 3.53. The molecular formula is C14H21NS. The summed E-state index contributed by atoms with van der Waals surface area (Å²) in [6, 6.07) is 6.87. The van der Waals surface area contributed by atoms with Crippen LogP contribution >= 0.6 is 11.8 Å². The predicted molar refractivity (Wildman–Crippen MR) is 73.1 cm³/mol. The van der Waals surface area contributed by atoms with E-state index in [2.05, 4.69) is 49.1 Å². The van der Waals surface area contributed by atoms with Gasteiger partial charge in [-0.3, -0.25) is 0 Å². The smallest absolute Gasteiger partial charge is 0.0184 e. The van der Waals surface area contributed by atoms with Crippen LogP contribution in [0.5, 0.6) is 0 Å². The van der Waals surface area contributed by atoms with Crippen molar-refractivity contribution in [3.63, 3.8) is 0 Å². The van der Waals surface area contributed by atoms with Gasteiger partial charge < -0.3 is 5.32 Å². The summed E-state index contributed by atoms with van der Waals surface area (Å²) in [5.74, 6) is 3.37. The maximum atomic E-state index is 3.43. The molecule has 1 aromatic carbocycles. The van der Waals surface area contributed by atoms with Gasteiger partial charge in [0.1, 0.15) is 0 Å². The summed E-state index contributed by atoms with van der Waals surface area (Å²) in [5.41, 5.74) is 4.25. The van der Waals surface area contributed by atoms with Crippen LogP contribution in [0.25, 0.3) is 0 Å². The van der Waals surface area contributed by atoms with E-state index in [-0.39, 0.29) is 0 Å². The van der Waals surface area contributed by atoms with Crippen LogP contribution < -0.4 is 5.32 Å². The summed E-state index contributed by atoms with van der Waals surface area (Å²) in [7, 11) is 0. The second-order valence-corrected chi connectivity index (χ2v) is 5.90. The van der Waals surface area contributed by atoms with Gasteiger partial charge in [0.25, 0.3) is 0 Å². The average Bonchev–Trinajstić information content (AvgIpc) is 2.69. The highest BCUT2D eigenvalue weighted by Gasteiger charge is 2.13. The predicted octanol–water partition coefficient (Wildman–Crippen LogP) is 3.15. The van der Waals surface area contributed by atoms with Crippen LogP contribution in [0.3, 0.4) is 0 Å². The minimum Gasteiger partial charge on any atom is -0.316 e. The Morgan fingerprint density at radius 3 is 2.62 bits per heavy atom. The molecule has 1 saturated heterocycles. The van der Waals surface area contributed by atoms with Gasteiger partial charge in [-0.1, -0.05) is 29.3 Å². The first kappa shape index (κ1) is 12.0. The van der Waals surface area contributed by atoms with Gasteiger partial charge >= 0.3 is 0 Å². The van der Waals surface area contributed by atoms with E-state index < -0.39 is 0 Å². The number of aryl methyl sites for hydroxylation is 2. The van der Waals surface area contributed by atoms with Crippen LogP contribution in [0.4, 0.5) is 0 Å². The molecule has 0 aliphatic carbocycles. The van der Waals surface area contributed by atoms with E-state index in [0.29, 0.717) is 0 Å². The van der Waals surface area contributed by atoms with Gasteiger partial charge in [0.2, 0.25) is 0 Å². The van der Waals surface area contributed by atoms with Gasteiger partial charge in [-0.2, -0.15) is 11.8 Å². The van der Waals surface area contributed by atoms with E-state index in [1.807, 2.05) is 0 Å². The van der Waals surface area contributed by atoms with Crippen LogP contribution in [0, 0.1) is 19.8 Å². The van der Waals surface area contributed by atoms with Gasteiger partial charge in [0.05, 0.1) is 0 Å². The molecule has 2 rings (SSSR count). The maximum Gasteiger partial charge on any atom is 0.0184 e. The van der Waals surface area contributed by atoms with Crippen molar-refractivity contribution in [3.05, 3.63) is 34.9 Å². The van der Waals surface area contributed by atoms with Crippen LogP contribution in [-0.2, 0) is 5.75 Å². The molecule has 1 aliphatic rings. The minimum atomic E-state index is 0.899. The molecule has 1 unspecified atom stereocenters. The monoisotopic (exact) mass is 235 g/mol.